The molecule has 1 heterocycles. The largest absolute Gasteiger partial charge is 0.298 e. The molecule has 1 aromatic carbocycles. The number of carbonyl (C=O) groups excluding carboxylic acids is 1. The third kappa shape index (κ3) is 1.26. The molecular weight excluding hydrogens is 262 g/mol. The highest BCUT2D eigenvalue weighted by molar-refractivity contribution is 9.10. The molecule has 0 aliphatic carbocycles. The van der Waals surface area contributed by atoms with Gasteiger partial charge in [0.1, 0.15) is 6.07 Å². The molecule has 0 aliphatic rings. The summed E-state index contributed by atoms with van der Waals surface area (Å²) in [6, 6.07) is 5.64. The van der Waals surface area contributed by atoms with Gasteiger partial charge in [-0.05, 0) is 12.1 Å². The Kier molecular flexibility index (Phi) is 2.36. The summed E-state index contributed by atoms with van der Waals surface area (Å²) in [5.41, 5.74) is 1.25. The second-order valence-corrected chi connectivity index (χ2v) is 4.45. The zero-order valence-electron chi connectivity index (χ0n) is 6.95. The van der Waals surface area contributed by atoms with E-state index in [0.29, 0.717) is 11.1 Å². The van der Waals surface area contributed by atoms with Crippen LogP contribution in [0.15, 0.2) is 22.0 Å². The van der Waals surface area contributed by atoms with Gasteiger partial charge in [-0.15, -0.1) is 11.3 Å². The number of rotatable bonds is 1. The van der Waals surface area contributed by atoms with E-state index in [4.69, 9.17) is 5.26 Å². The van der Waals surface area contributed by atoms with Crippen molar-refractivity contribution in [2.75, 3.05) is 0 Å². The molecule has 0 N–H and O–H groups in total. The fourth-order valence-electron chi connectivity index (χ4n) is 1.30. The number of hydrogen-bond donors (Lipinski definition) is 0. The Morgan fingerprint density at radius 1 is 1.50 bits per heavy atom. The van der Waals surface area contributed by atoms with Crippen LogP contribution in [-0.4, -0.2) is 6.29 Å². The third-order valence-electron chi connectivity index (χ3n) is 1.95. The molecule has 0 radical (unpaired) electrons. The maximum atomic E-state index is 10.7. The van der Waals surface area contributed by atoms with Crippen LogP contribution in [0.4, 0.5) is 0 Å². The van der Waals surface area contributed by atoms with Gasteiger partial charge in [0.05, 0.1) is 5.56 Å². The Hall–Kier alpha value is -1.18. The van der Waals surface area contributed by atoms with Gasteiger partial charge in [0.2, 0.25) is 0 Å². The lowest BCUT2D eigenvalue weighted by molar-refractivity contribution is 0.112. The van der Waals surface area contributed by atoms with Crippen molar-refractivity contribution < 1.29 is 4.79 Å². The van der Waals surface area contributed by atoms with E-state index >= 15 is 0 Å². The standard InChI is InChI=1S/C10H4BrNOS/c11-8-2-1-6(4-13)10-9(8)7(3-12)5-14-10/h1-2,4-5H. The molecular formula is C10H4BrNOS. The smallest absolute Gasteiger partial charge is 0.151 e. The van der Waals surface area contributed by atoms with E-state index in [1.54, 1.807) is 17.5 Å². The van der Waals surface area contributed by atoms with Crippen LogP contribution < -0.4 is 0 Å². The lowest BCUT2D eigenvalue weighted by atomic mass is 10.1. The Balaban J connectivity index is 2.95. The second kappa shape index (κ2) is 3.52. The first kappa shape index (κ1) is 9.38. The van der Waals surface area contributed by atoms with E-state index in [0.717, 1.165) is 20.8 Å². The Morgan fingerprint density at radius 2 is 2.29 bits per heavy atom. The maximum Gasteiger partial charge on any atom is 0.151 e. The summed E-state index contributed by atoms with van der Waals surface area (Å²) >= 11 is 4.79. The second-order valence-electron chi connectivity index (χ2n) is 2.72. The first-order chi connectivity index (χ1) is 6.77. The average Bonchev–Trinajstić information content (AvgIpc) is 2.63. The van der Waals surface area contributed by atoms with Crippen molar-refractivity contribution >= 4 is 43.6 Å². The van der Waals surface area contributed by atoms with E-state index in [1.165, 1.54) is 11.3 Å². The van der Waals surface area contributed by atoms with Gasteiger partial charge < -0.3 is 0 Å². The first-order valence-corrected chi connectivity index (χ1v) is 5.50. The van der Waals surface area contributed by atoms with Crippen LogP contribution in [0.2, 0.25) is 0 Å². The van der Waals surface area contributed by atoms with Gasteiger partial charge in [-0.1, -0.05) is 15.9 Å². The van der Waals surface area contributed by atoms with E-state index in [-0.39, 0.29) is 0 Å². The van der Waals surface area contributed by atoms with Crippen LogP contribution in [0.3, 0.4) is 0 Å². The molecule has 0 saturated heterocycles. The highest BCUT2D eigenvalue weighted by atomic mass is 79.9. The summed E-state index contributed by atoms with van der Waals surface area (Å²) in [7, 11) is 0. The fourth-order valence-corrected chi connectivity index (χ4v) is 2.98. The van der Waals surface area contributed by atoms with Crippen molar-refractivity contribution in [1.82, 2.24) is 0 Å². The normalized spacial score (nSPS) is 10.0. The lowest BCUT2D eigenvalue weighted by Gasteiger charge is -1.97. The van der Waals surface area contributed by atoms with Crippen LogP contribution in [-0.2, 0) is 0 Å². The SMILES string of the molecule is N#Cc1csc2c(C=O)ccc(Br)c12. The van der Waals surface area contributed by atoms with Crippen LogP contribution >= 0.6 is 27.3 Å². The van der Waals surface area contributed by atoms with E-state index in [9.17, 15) is 4.79 Å². The van der Waals surface area contributed by atoms with Gasteiger partial charge in [0.25, 0.3) is 0 Å². The van der Waals surface area contributed by atoms with Crippen LogP contribution in [0, 0.1) is 11.3 Å². The first-order valence-electron chi connectivity index (χ1n) is 3.83. The highest BCUT2D eigenvalue weighted by Gasteiger charge is 2.10. The predicted molar refractivity (Wildman–Crippen MR) is 59.6 cm³/mol. The molecule has 68 valence electrons. The van der Waals surface area contributed by atoms with E-state index in [2.05, 4.69) is 22.0 Å². The highest BCUT2D eigenvalue weighted by Crippen LogP contribution is 2.33. The molecule has 0 unspecified atom stereocenters. The van der Waals surface area contributed by atoms with Gasteiger partial charge in [-0.2, -0.15) is 5.26 Å². The van der Waals surface area contributed by atoms with Gasteiger partial charge in [-0.3, -0.25) is 4.79 Å². The van der Waals surface area contributed by atoms with Crippen LogP contribution in [0.5, 0.6) is 0 Å². The lowest BCUT2D eigenvalue weighted by Crippen LogP contribution is -1.81. The van der Waals surface area contributed by atoms with Crippen molar-refractivity contribution in [2.24, 2.45) is 0 Å². The molecule has 0 spiro atoms. The molecule has 0 saturated carbocycles. The van der Waals surface area contributed by atoms with Crippen molar-refractivity contribution in [1.29, 1.82) is 5.26 Å². The molecule has 0 bridgehead atoms. The average molecular weight is 266 g/mol. The van der Waals surface area contributed by atoms with E-state index in [1.807, 2.05) is 0 Å². The molecule has 2 rings (SSSR count). The number of hydrogen-bond acceptors (Lipinski definition) is 3. The minimum atomic E-state index is 0.612. The number of aldehydes is 1. The van der Waals surface area contributed by atoms with Crippen molar-refractivity contribution in [2.45, 2.75) is 0 Å². The van der Waals surface area contributed by atoms with Crippen molar-refractivity contribution in [3.05, 3.63) is 33.1 Å². The summed E-state index contributed by atoms with van der Waals surface area (Å²) < 4.78 is 1.72. The number of halogens is 1. The summed E-state index contributed by atoms with van der Waals surface area (Å²) in [5.74, 6) is 0. The number of benzene rings is 1. The number of fused-ring (bicyclic) bond motifs is 1. The molecule has 14 heavy (non-hydrogen) atoms. The van der Waals surface area contributed by atoms with Gasteiger partial charge in [-0.25, -0.2) is 0 Å². The van der Waals surface area contributed by atoms with Crippen LogP contribution in [0.1, 0.15) is 15.9 Å². The Bertz CT molecular complexity index is 553. The topological polar surface area (TPSA) is 40.9 Å². The molecule has 1 aromatic heterocycles. The summed E-state index contributed by atoms with van der Waals surface area (Å²) in [4.78, 5) is 10.7. The molecule has 0 amide bonds. The molecule has 4 heteroatoms. The minimum absolute atomic E-state index is 0.612. The maximum absolute atomic E-state index is 10.7. The molecule has 0 aliphatic heterocycles. The zero-order valence-corrected chi connectivity index (χ0v) is 9.35. The number of nitrogens with zero attached hydrogens (tertiary/aromatic N) is 1. The molecule has 0 atom stereocenters. The third-order valence-corrected chi connectivity index (χ3v) is 3.64. The van der Waals surface area contributed by atoms with Gasteiger partial charge in [0.15, 0.2) is 6.29 Å². The van der Waals surface area contributed by atoms with Gasteiger partial charge in [0, 0.05) is 25.5 Å². The Morgan fingerprint density at radius 3 is 2.93 bits per heavy atom. The van der Waals surface area contributed by atoms with Gasteiger partial charge >= 0.3 is 0 Å². The predicted octanol–water partition coefficient (Wildman–Crippen LogP) is 3.35. The quantitative estimate of drug-likeness (QED) is 0.742. The minimum Gasteiger partial charge on any atom is -0.298 e. The molecule has 2 aromatic rings. The molecule has 0 fully saturated rings. The van der Waals surface area contributed by atoms with Crippen molar-refractivity contribution in [3.63, 3.8) is 0 Å². The summed E-state index contributed by atoms with van der Waals surface area (Å²) in [5, 5.41) is 11.5. The summed E-state index contributed by atoms with van der Waals surface area (Å²) in [6.07, 6.45) is 0.812. The molecule has 2 nitrogen and oxygen atoms in total. The fraction of sp³-hybridized carbons (Fsp3) is 0. The Labute approximate surface area is 92.9 Å². The van der Waals surface area contributed by atoms with Crippen molar-refractivity contribution in [3.8, 4) is 6.07 Å². The monoisotopic (exact) mass is 265 g/mol. The number of thiophene rings is 1. The number of nitriles is 1. The zero-order chi connectivity index (χ0) is 10.1. The van der Waals surface area contributed by atoms with E-state index < -0.39 is 0 Å². The number of carbonyl (C=O) groups is 1. The summed E-state index contributed by atoms with van der Waals surface area (Å²) in [6.45, 7) is 0. The van der Waals surface area contributed by atoms with Crippen LogP contribution in [0.25, 0.3) is 10.1 Å².